The van der Waals surface area contributed by atoms with E-state index in [0.29, 0.717) is 12.5 Å². The van der Waals surface area contributed by atoms with Gasteiger partial charge in [-0.25, -0.2) is 0 Å². The van der Waals surface area contributed by atoms with Crippen LogP contribution in [0.25, 0.3) is 0 Å². The van der Waals surface area contributed by atoms with E-state index >= 15 is 0 Å². The van der Waals surface area contributed by atoms with Gasteiger partial charge in [0.15, 0.2) is 0 Å². The molecule has 0 radical (unpaired) electrons. The standard InChI is InChI=1S/C11H15N3O2/c1-8-5-11(14-13-8)15-7-10-4-3-9(16-10)6-12-2/h3-5,12H,6-7H2,1-2H3,(H,13,14). The third-order valence-corrected chi connectivity index (χ3v) is 2.11. The number of aromatic amines is 1. The first-order valence-corrected chi connectivity index (χ1v) is 5.15. The van der Waals surface area contributed by atoms with Crippen molar-refractivity contribution in [3.63, 3.8) is 0 Å². The van der Waals surface area contributed by atoms with Crippen molar-refractivity contribution in [3.8, 4) is 5.88 Å². The predicted octanol–water partition coefficient (Wildman–Crippen LogP) is 1.61. The summed E-state index contributed by atoms with van der Waals surface area (Å²) in [7, 11) is 1.88. The number of nitrogens with one attached hydrogen (secondary N) is 2. The third-order valence-electron chi connectivity index (χ3n) is 2.11. The van der Waals surface area contributed by atoms with Gasteiger partial charge in [-0.1, -0.05) is 0 Å². The fourth-order valence-corrected chi connectivity index (χ4v) is 1.38. The predicted molar refractivity (Wildman–Crippen MR) is 59.1 cm³/mol. The number of aryl methyl sites for hydroxylation is 1. The van der Waals surface area contributed by atoms with Gasteiger partial charge < -0.3 is 14.5 Å². The lowest BCUT2D eigenvalue weighted by atomic mass is 10.4. The molecular formula is C11H15N3O2. The van der Waals surface area contributed by atoms with E-state index in [0.717, 1.165) is 23.8 Å². The summed E-state index contributed by atoms with van der Waals surface area (Å²) in [5.41, 5.74) is 0.977. The van der Waals surface area contributed by atoms with Crippen molar-refractivity contribution >= 4 is 0 Å². The van der Waals surface area contributed by atoms with E-state index < -0.39 is 0 Å². The smallest absolute Gasteiger partial charge is 0.233 e. The summed E-state index contributed by atoms with van der Waals surface area (Å²) >= 11 is 0. The molecule has 5 heteroatoms. The van der Waals surface area contributed by atoms with E-state index in [9.17, 15) is 0 Å². The zero-order valence-electron chi connectivity index (χ0n) is 9.41. The first kappa shape index (κ1) is 10.8. The van der Waals surface area contributed by atoms with Gasteiger partial charge in [0, 0.05) is 11.8 Å². The highest BCUT2D eigenvalue weighted by Crippen LogP contribution is 2.12. The Morgan fingerprint density at radius 1 is 1.44 bits per heavy atom. The van der Waals surface area contributed by atoms with Crippen LogP contribution in [0.1, 0.15) is 17.2 Å². The van der Waals surface area contributed by atoms with Gasteiger partial charge >= 0.3 is 0 Å². The second kappa shape index (κ2) is 4.85. The minimum atomic E-state index is 0.397. The van der Waals surface area contributed by atoms with Gasteiger partial charge in [0.25, 0.3) is 0 Å². The molecule has 2 aromatic heterocycles. The maximum Gasteiger partial charge on any atom is 0.233 e. The quantitative estimate of drug-likeness (QED) is 0.805. The van der Waals surface area contributed by atoms with Crippen molar-refractivity contribution in [1.82, 2.24) is 15.5 Å². The molecule has 0 aromatic carbocycles. The highest BCUT2D eigenvalue weighted by Gasteiger charge is 2.03. The lowest BCUT2D eigenvalue weighted by Crippen LogP contribution is -2.03. The molecular weight excluding hydrogens is 206 g/mol. The van der Waals surface area contributed by atoms with Crippen LogP contribution in [0.15, 0.2) is 22.6 Å². The van der Waals surface area contributed by atoms with Crippen LogP contribution in [-0.2, 0) is 13.2 Å². The monoisotopic (exact) mass is 221 g/mol. The lowest BCUT2D eigenvalue weighted by Gasteiger charge is -1.99. The van der Waals surface area contributed by atoms with Gasteiger partial charge in [-0.3, -0.25) is 5.10 Å². The van der Waals surface area contributed by atoms with E-state index in [1.165, 1.54) is 0 Å². The topological polar surface area (TPSA) is 63.1 Å². The van der Waals surface area contributed by atoms with Crippen LogP contribution in [0, 0.1) is 6.92 Å². The Hall–Kier alpha value is -1.75. The number of hydrogen-bond acceptors (Lipinski definition) is 4. The number of ether oxygens (including phenoxy) is 1. The molecule has 0 unspecified atom stereocenters. The van der Waals surface area contributed by atoms with E-state index in [1.54, 1.807) is 0 Å². The molecule has 0 spiro atoms. The molecule has 86 valence electrons. The van der Waals surface area contributed by atoms with Crippen molar-refractivity contribution in [2.45, 2.75) is 20.1 Å². The van der Waals surface area contributed by atoms with Crippen molar-refractivity contribution in [2.24, 2.45) is 0 Å². The number of H-pyrrole nitrogens is 1. The molecule has 2 aromatic rings. The molecule has 0 aliphatic heterocycles. The number of rotatable bonds is 5. The molecule has 2 N–H and O–H groups in total. The first-order chi connectivity index (χ1) is 7.78. The molecule has 0 atom stereocenters. The van der Waals surface area contributed by atoms with Crippen LogP contribution >= 0.6 is 0 Å². The normalized spacial score (nSPS) is 10.6. The minimum absolute atomic E-state index is 0.397. The van der Waals surface area contributed by atoms with Gasteiger partial charge in [-0.15, -0.1) is 5.10 Å². The molecule has 0 aliphatic carbocycles. The number of hydrogen-bond donors (Lipinski definition) is 2. The Kier molecular flexibility index (Phi) is 3.26. The second-order valence-corrected chi connectivity index (χ2v) is 3.58. The van der Waals surface area contributed by atoms with Crippen LogP contribution in [-0.4, -0.2) is 17.2 Å². The van der Waals surface area contributed by atoms with Gasteiger partial charge in [0.05, 0.1) is 6.54 Å². The van der Waals surface area contributed by atoms with Crippen molar-refractivity contribution in [3.05, 3.63) is 35.4 Å². The number of aromatic nitrogens is 2. The van der Waals surface area contributed by atoms with Crippen LogP contribution in [0.3, 0.4) is 0 Å². The van der Waals surface area contributed by atoms with Crippen LogP contribution < -0.4 is 10.1 Å². The second-order valence-electron chi connectivity index (χ2n) is 3.58. The van der Waals surface area contributed by atoms with Crippen LogP contribution in [0.5, 0.6) is 5.88 Å². The summed E-state index contributed by atoms with van der Waals surface area (Å²) in [4.78, 5) is 0. The summed E-state index contributed by atoms with van der Waals surface area (Å²) in [6.07, 6.45) is 0. The highest BCUT2D eigenvalue weighted by atomic mass is 16.5. The summed E-state index contributed by atoms with van der Waals surface area (Å²) in [5.74, 6) is 2.29. The van der Waals surface area contributed by atoms with Crippen LogP contribution in [0.4, 0.5) is 0 Å². The largest absolute Gasteiger partial charge is 0.468 e. The molecule has 0 fully saturated rings. The Morgan fingerprint density at radius 3 is 2.94 bits per heavy atom. The molecule has 0 saturated carbocycles. The zero-order valence-corrected chi connectivity index (χ0v) is 9.41. The fraction of sp³-hybridized carbons (Fsp3) is 0.364. The summed E-state index contributed by atoms with van der Waals surface area (Å²) in [5, 5.41) is 9.81. The fourth-order valence-electron chi connectivity index (χ4n) is 1.38. The summed E-state index contributed by atoms with van der Waals surface area (Å²) in [6.45, 7) is 3.05. The van der Waals surface area contributed by atoms with Crippen LogP contribution in [0.2, 0.25) is 0 Å². The average molecular weight is 221 g/mol. The van der Waals surface area contributed by atoms with E-state index in [1.807, 2.05) is 32.2 Å². The lowest BCUT2D eigenvalue weighted by molar-refractivity contribution is 0.256. The van der Waals surface area contributed by atoms with E-state index in [4.69, 9.17) is 9.15 Å². The molecule has 2 rings (SSSR count). The van der Waals surface area contributed by atoms with Gasteiger partial charge in [0.1, 0.15) is 18.1 Å². The van der Waals surface area contributed by atoms with Gasteiger partial charge in [-0.2, -0.15) is 0 Å². The average Bonchev–Trinajstić information content (AvgIpc) is 2.85. The molecule has 0 aliphatic rings. The Bertz CT molecular complexity index is 448. The van der Waals surface area contributed by atoms with Crippen molar-refractivity contribution in [1.29, 1.82) is 0 Å². The number of nitrogens with zero attached hydrogens (tertiary/aromatic N) is 1. The summed E-state index contributed by atoms with van der Waals surface area (Å²) in [6, 6.07) is 5.69. The molecule has 0 saturated heterocycles. The minimum Gasteiger partial charge on any atom is -0.468 e. The molecule has 0 amide bonds. The Morgan fingerprint density at radius 2 is 2.25 bits per heavy atom. The molecule has 16 heavy (non-hydrogen) atoms. The molecule has 2 heterocycles. The van der Waals surface area contributed by atoms with E-state index in [-0.39, 0.29) is 0 Å². The zero-order chi connectivity index (χ0) is 11.4. The molecule has 0 bridgehead atoms. The maximum absolute atomic E-state index is 5.53. The SMILES string of the molecule is CNCc1ccc(COc2cc(C)[nH]n2)o1. The highest BCUT2D eigenvalue weighted by molar-refractivity contribution is 5.13. The van der Waals surface area contributed by atoms with Crippen molar-refractivity contribution in [2.75, 3.05) is 7.05 Å². The Balaban J connectivity index is 1.89. The maximum atomic E-state index is 5.53. The van der Waals surface area contributed by atoms with E-state index in [2.05, 4.69) is 15.5 Å². The van der Waals surface area contributed by atoms with Gasteiger partial charge in [-0.05, 0) is 26.1 Å². The summed E-state index contributed by atoms with van der Waals surface area (Å²) < 4.78 is 11.0. The third kappa shape index (κ3) is 2.64. The van der Waals surface area contributed by atoms with Crippen molar-refractivity contribution < 1.29 is 9.15 Å². The number of furan rings is 1. The first-order valence-electron chi connectivity index (χ1n) is 5.15. The molecule has 5 nitrogen and oxygen atoms in total. The Labute approximate surface area is 93.8 Å². The van der Waals surface area contributed by atoms with Gasteiger partial charge in [0.2, 0.25) is 5.88 Å².